The lowest BCUT2D eigenvalue weighted by atomic mass is 10.3. The molecule has 3 nitrogen and oxygen atoms in total. The molecule has 0 radical (unpaired) electrons. The van der Waals surface area contributed by atoms with Gasteiger partial charge in [0.1, 0.15) is 0 Å². The molecule has 68 valence electrons. The molecule has 0 saturated heterocycles. The first-order valence-electron chi connectivity index (χ1n) is 4.00. The van der Waals surface area contributed by atoms with Crippen LogP contribution in [0.5, 0.6) is 0 Å². The molecule has 0 rings (SSSR count). The Morgan fingerprint density at radius 3 is 2.55 bits per heavy atom. The van der Waals surface area contributed by atoms with Gasteiger partial charge in [-0.1, -0.05) is 19.8 Å². The summed E-state index contributed by atoms with van der Waals surface area (Å²) in [6, 6.07) is 0. The van der Waals surface area contributed by atoms with E-state index in [-0.39, 0.29) is 0 Å². The smallest absolute Gasteiger partial charge is 0.266 e. The van der Waals surface area contributed by atoms with Gasteiger partial charge in [-0.15, -0.1) is 0 Å². The number of rotatable bonds is 6. The summed E-state index contributed by atoms with van der Waals surface area (Å²) in [4.78, 5) is 0. The van der Waals surface area contributed by atoms with Crippen LogP contribution in [0.4, 0.5) is 0 Å². The van der Waals surface area contributed by atoms with Gasteiger partial charge in [-0.25, -0.2) is 5.09 Å². The summed E-state index contributed by atoms with van der Waals surface area (Å²) in [5, 5.41) is 2.88. The van der Waals surface area contributed by atoms with Crippen LogP contribution in [0, 0.1) is 0 Å². The quantitative estimate of drug-likeness (QED) is 0.502. The van der Waals surface area contributed by atoms with Crippen molar-refractivity contribution in [3.63, 3.8) is 0 Å². The van der Waals surface area contributed by atoms with Gasteiger partial charge in [-0.3, -0.25) is 4.57 Å². The molecule has 0 aliphatic heterocycles. The van der Waals surface area contributed by atoms with E-state index in [2.05, 4.69) is 12.0 Å². The minimum atomic E-state index is -2.46. The maximum atomic E-state index is 11.2. The van der Waals surface area contributed by atoms with Crippen LogP contribution < -0.4 is 5.09 Å². The summed E-state index contributed by atoms with van der Waals surface area (Å²) in [5.41, 5.74) is 0. The Labute approximate surface area is 69.0 Å². The van der Waals surface area contributed by atoms with Crippen LogP contribution in [0.3, 0.4) is 0 Å². The summed E-state index contributed by atoms with van der Waals surface area (Å²) in [5.74, 6) is 0. The molecule has 0 aliphatic carbocycles. The van der Waals surface area contributed by atoms with Crippen LogP contribution in [-0.2, 0) is 9.09 Å². The van der Waals surface area contributed by atoms with Crippen LogP contribution in [-0.4, -0.2) is 20.3 Å². The van der Waals surface area contributed by atoms with Crippen molar-refractivity contribution in [2.45, 2.75) is 26.2 Å². The number of unbranched alkanes of at least 4 members (excludes halogenated alkanes) is 2. The second-order valence-corrected chi connectivity index (χ2v) is 5.02. The van der Waals surface area contributed by atoms with Crippen LogP contribution in [0.15, 0.2) is 0 Å². The molecular weight excluding hydrogens is 161 g/mol. The lowest BCUT2D eigenvalue weighted by molar-refractivity contribution is 0.387. The van der Waals surface area contributed by atoms with Gasteiger partial charge in [0.15, 0.2) is 0 Å². The molecule has 0 heterocycles. The molecule has 4 heteroatoms. The molecule has 11 heavy (non-hydrogen) atoms. The minimum Gasteiger partial charge on any atom is -0.321 e. The first kappa shape index (κ1) is 11.2. The minimum absolute atomic E-state index is 0.787. The van der Waals surface area contributed by atoms with Crippen molar-refractivity contribution in [1.29, 1.82) is 0 Å². The van der Waals surface area contributed by atoms with Crippen molar-refractivity contribution in [3.05, 3.63) is 0 Å². The lowest BCUT2D eigenvalue weighted by Crippen LogP contribution is -2.11. The van der Waals surface area contributed by atoms with E-state index < -0.39 is 7.52 Å². The summed E-state index contributed by atoms with van der Waals surface area (Å²) in [6.45, 7) is 4.52. The van der Waals surface area contributed by atoms with Crippen molar-refractivity contribution in [3.8, 4) is 0 Å². The Balaban J connectivity index is 3.31. The van der Waals surface area contributed by atoms with E-state index in [4.69, 9.17) is 4.52 Å². The highest BCUT2D eigenvalue weighted by Gasteiger charge is 2.10. The zero-order chi connectivity index (χ0) is 8.74. The van der Waals surface area contributed by atoms with Gasteiger partial charge in [-0.05, 0) is 6.42 Å². The third-order valence-electron chi connectivity index (χ3n) is 1.53. The Kier molecular flexibility index (Phi) is 5.83. The Morgan fingerprint density at radius 1 is 1.45 bits per heavy atom. The van der Waals surface area contributed by atoms with Crippen LogP contribution in [0.25, 0.3) is 0 Å². The van der Waals surface area contributed by atoms with Gasteiger partial charge in [0, 0.05) is 20.3 Å². The molecule has 0 aromatic carbocycles. The van der Waals surface area contributed by atoms with Gasteiger partial charge in [-0.2, -0.15) is 0 Å². The molecule has 0 spiro atoms. The third-order valence-corrected chi connectivity index (χ3v) is 3.02. The van der Waals surface area contributed by atoms with E-state index in [1.807, 2.05) is 0 Å². The van der Waals surface area contributed by atoms with E-state index >= 15 is 0 Å². The van der Waals surface area contributed by atoms with Crippen molar-refractivity contribution in [2.75, 3.05) is 20.3 Å². The van der Waals surface area contributed by atoms with Gasteiger partial charge < -0.3 is 4.52 Å². The van der Waals surface area contributed by atoms with E-state index in [0.717, 1.165) is 13.0 Å². The maximum absolute atomic E-state index is 11.2. The summed E-state index contributed by atoms with van der Waals surface area (Å²) >= 11 is 0. The van der Waals surface area contributed by atoms with Crippen molar-refractivity contribution >= 4 is 7.52 Å². The van der Waals surface area contributed by atoms with Crippen molar-refractivity contribution in [1.82, 2.24) is 5.09 Å². The largest absolute Gasteiger partial charge is 0.321 e. The maximum Gasteiger partial charge on any atom is 0.266 e. The Hall–Kier alpha value is 0.150. The first-order chi connectivity index (χ1) is 5.12. The Morgan fingerprint density at radius 2 is 2.09 bits per heavy atom. The zero-order valence-electron chi connectivity index (χ0n) is 7.59. The predicted molar refractivity (Wildman–Crippen MR) is 48.1 cm³/mol. The van der Waals surface area contributed by atoms with E-state index in [1.54, 1.807) is 6.66 Å². The highest BCUT2D eigenvalue weighted by Crippen LogP contribution is 2.35. The highest BCUT2D eigenvalue weighted by atomic mass is 31.2. The Bertz CT molecular complexity index is 138. The van der Waals surface area contributed by atoms with Crippen LogP contribution >= 0.6 is 7.52 Å². The van der Waals surface area contributed by atoms with Crippen LogP contribution in [0.2, 0.25) is 0 Å². The van der Waals surface area contributed by atoms with Crippen molar-refractivity contribution < 1.29 is 9.09 Å². The normalized spacial score (nSPS) is 16.3. The molecule has 1 atom stereocenters. The molecular formula is C7H18NO2P. The zero-order valence-corrected chi connectivity index (χ0v) is 8.49. The van der Waals surface area contributed by atoms with E-state index in [9.17, 15) is 4.57 Å². The fourth-order valence-electron chi connectivity index (χ4n) is 0.722. The third kappa shape index (κ3) is 6.54. The average molecular weight is 179 g/mol. The van der Waals surface area contributed by atoms with Gasteiger partial charge >= 0.3 is 0 Å². The standard InChI is InChI=1S/C7H18NO2P/c1-4-5-6-7-8-11(3,9)10-2/h4-7H2,1-3H3,(H,8,9). The second kappa shape index (κ2) is 5.76. The summed E-state index contributed by atoms with van der Waals surface area (Å²) in [6.07, 6.45) is 3.43. The monoisotopic (exact) mass is 179 g/mol. The van der Waals surface area contributed by atoms with E-state index in [1.165, 1.54) is 20.0 Å². The van der Waals surface area contributed by atoms with Crippen molar-refractivity contribution in [2.24, 2.45) is 0 Å². The summed E-state index contributed by atoms with van der Waals surface area (Å²) in [7, 11) is -0.998. The molecule has 0 saturated carbocycles. The molecule has 0 aliphatic rings. The number of hydrogen-bond donors (Lipinski definition) is 1. The molecule has 0 aromatic rings. The number of hydrogen-bond acceptors (Lipinski definition) is 2. The van der Waals surface area contributed by atoms with Gasteiger partial charge in [0.05, 0.1) is 0 Å². The second-order valence-electron chi connectivity index (χ2n) is 2.64. The summed E-state index contributed by atoms with van der Waals surface area (Å²) < 4.78 is 16.0. The molecule has 1 N–H and O–H groups in total. The molecule has 0 aromatic heterocycles. The highest BCUT2D eigenvalue weighted by molar-refractivity contribution is 7.55. The van der Waals surface area contributed by atoms with Crippen LogP contribution in [0.1, 0.15) is 26.2 Å². The molecule has 1 unspecified atom stereocenters. The average Bonchev–Trinajstić information content (AvgIpc) is 1.99. The predicted octanol–water partition coefficient (Wildman–Crippen LogP) is 2.24. The fraction of sp³-hybridized carbons (Fsp3) is 1.00. The van der Waals surface area contributed by atoms with Gasteiger partial charge in [0.25, 0.3) is 7.52 Å². The van der Waals surface area contributed by atoms with Gasteiger partial charge in [0.2, 0.25) is 0 Å². The topological polar surface area (TPSA) is 38.3 Å². The van der Waals surface area contributed by atoms with E-state index in [0.29, 0.717) is 0 Å². The molecule has 0 bridgehead atoms. The fourth-order valence-corrected chi connectivity index (χ4v) is 1.42. The first-order valence-corrected chi connectivity index (χ1v) is 6.08. The molecule has 0 fully saturated rings. The SMILES string of the molecule is CCCCCNP(C)(=O)OC. The number of nitrogens with one attached hydrogen (secondary N) is 1. The lowest BCUT2D eigenvalue weighted by Gasteiger charge is -2.11. The molecule has 0 amide bonds.